The van der Waals surface area contributed by atoms with Gasteiger partial charge in [0.05, 0.1) is 14.5 Å². The third-order valence-electron chi connectivity index (χ3n) is 3.51. The average molecular weight is 406 g/mol. The highest BCUT2D eigenvalue weighted by atomic mass is 79.9. The van der Waals surface area contributed by atoms with Crippen LogP contribution in [0.2, 0.25) is 10.0 Å². The lowest BCUT2D eigenvalue weighted by atomic mass is 10.1. The molecule has 0 radical (unpaired) electrons. The number of nitrogens with one attached hydrogen (secondary N) is 1. The van der Waals surface area contributed by atoms with E-state index in [0.29, 0.717) is 16.0 Å². The SMILES string of the molecule is C[C@@H]1C[C@H]1C(=O)Nc1snc(-c2ccc(Cl)c(Cl)c2)c1Br. The second kappa shape index (κ2) is 5.88. The number of anilines is 1. The van der Waals surface area contributed by atoms with E-state index in [9.17, 15) is 4.79 Å². The van der Waals surface area contributed by atoms with Crippen LogP contribution in [0.3, 0.4) is 0 Å². The first-order chi connectivity index (χ1) is 9.97. The van der Waals surface area contributed by atoms with E-state index in [4.69, 9.17) is 23.2 Å². The molecule has 0 spiro atoms. The first-order valence-electron chi connectivity index (χ1n) is 6.39. The van der Waals surface area contributed by atoms with Crippen molar-refractivity contribution in [3.8, 4) is 11.3 Å². The largest absolute Gasteiger partial charge is 0.315 e. The van der Waals surface area contributed by atoms with Crippen molar-refractivity contribution in [2.24, 2.45) is 11.8 Å². The fourth-order valence-electron chi connectivity index (χ4n) is 2.07. The van der Waals surface area contributed by atoms with E-state index >= 15 is 0 Å². The van der Waals surface area contributed by atoms with E-state index in [-0.39, 0.29) is 11.8 Å². The first kappa shape index (κ1) is 15.3. The first-order valence-corrected chi connectivity index (χ1v) is 8.71. The van der Waals surface area contributed by atoms with Gasteiger partial charge in [-0.2, -0.15) is 4.37 Å². The molecule has 7 heteroatoms. The van der Waals surface area contributed by atoms with Crippen molar-refractivity contribution in [1.29, 1.82) is 0 Å². The molecule has 1 aliphatic rings. The molecule has 3 nitrogen and oxygen atoms in total. The lowest BCUT2D eigenvalue weighted by Gasteiger charge is -2.03. The Labute approximate surface area is 144 Å². The monoisotopic (exact) mass is 404 g/mol. The van der Waals surface area contributed by atoms with Crippen LogP contribution in [-0.4, -0.2) is 10.3 Å². The van der Waals surface area contributed by atoms with E-state index in [1.54, 1.807) is 12.1 Å². The molecule has 0 aliphatic heterocycles. The standard InChI is InChI=1S/C14H11BrCl2N2OS/c1-6-4-8(6)13(20)18-14-11(15)12(19-21-14)7-2-3-9(16)10(17)5-7/h2-3,5-6,8H,4H2,1H3,(H,18,20)/t6-,8-/m1/s1. The van der Waals surface area contributed by atoms with Gasteiger partial charge in [0.15, 0.2) is 0 Å². The fraction of sp³-hybridized carbons (Fsp3) is 0.286. The van der Waals surface area contributed by atoms with E-state index in [0.717, 1.165) is 27.2 Å². The van der Waals surface area contributed by atoms with Gasteiger partial charge in [-0.05, 0) is 51.9 Å². The zero-order chi connectivity index (χ0) is 15.1. The molecule has 110 valence electrons. The van der Waals surface area contributed by atoms with Gasteiger partial charge in [-0.15, -0.1) is 0 Å². The van der Waals surface area contributed by atoms with Crippen molar-refractivity contribution in [2.45, 2.75) is 13.3 Å². The third kappa shape index (κ3) is 3.11. The van der Waals surface area contributed by atoms with Gasteiger partial charge in [0.2, 0.25) is 5.91 Å². The molecule has 1 saturated carbocycles. The topological polar surface area (TPSA) is 42.0 Å². The minimum Gasteiger partial charge on any atom is -0.315 e. The maximum absolute atomic E-state index is 12.0. The van der Waals surface area contributed by atoms with Crippen molar-refractivity contribution in [2.75, 3.05) is 5.32 Å². The van der Waals surface area contributed by atoms with Crippen molar-refractivity contribution in [1.82, 2.24) is 4.37 Å². The van der Waals surface area contributed by atoms with Crippen LogP contribution >= 0.6 is 50.7 Å². The molecule has 21 heavy (non-hydrogen) atoms. The smallest absolute Gasteiger partial charge is 0.228 e. The molecule has 1 fully saturated rings. The quantitative estimate of drug-likeness (QED) is 0.734. The predicted molar refractivity (Wildman–Crippen MR) is 91.2 cm³/mol. The molecule has 3 rings (SSSR count). The van der Waals surface area contributed by atoms with Gasteiger partial charge < -0.3 is 5.32 Å². The summed E-state index contributed by atoms with van der Waals surface area (Å²) in [5.74, 6) is 0.672. The Morgan fingerprint density at radius 1 is 1.43 bits per heavy atom. The van der Waals surface area contributed by atoms with Crippen LogP contribution in [0.5, 0.6) is 0 Å². The van der Waals surface area contributed by atoms with E-state index < -0.39 is 0 Å². The van der Waals surface area contributed by atoms with Crippen LogP contribution in [-0.2, 0) is 4.79 Å². The Hall–Kier alpha value is -0.620. The molecule has 1 heterocycles. The Balaban J connectivity index is 1.84. The molecule has 1 N–H and O–H groups in total. The van der Waals surface area contributed by atoms with Crippen LogP contribution in [0.15, 0.2) is 22.7 Å². The van der Waals surface area contributed by atoms with Gasteiger partial charge in [0, 0.05) is 11.5 Å². The van der Waals surface area contributed by atoms with E-state index in [2.05, 4.69) is 32.5 Å². The van der Waals surface area contributed by atoms with Gasteiger partial charge >= 0.3 is 0 Å². The zero-order valence-corrected chi connectivity index (χ0v) is 14.9. The zero-order valence-electron chi connectivity index (χ0n) is 11.0. The maximum atomic E-state index is 12.0. The highest BCUT2D eigenvalue weighted by molar-refractivity contribution is 9.10. The second-order valence-corrected chi connectivity index (χ2v) is 7.49. The molecule has 1 aromatic carbocycles. The van der Waals surface area contributed by atoms with Gasteiger partial charge in [0.1, 0.15) is 10.7 Å². The summed E-state index contributed by atoms with van der Waals surface area (Å²) in [5, 5.41) is 4.63. The molecule has 0 bridgehead atoms. The lowest BCUT2D eigenvalue weighted by Crippen LogP contribution is -2.13. The Morgan fingerprint density at radius 2 is 2.14 bits per heavy atom. The van der Waals surface area contributed by atoms with Crippen molar-refractivity contribution in [3.63, 3.8) is 0 Å². The Kier molecular flexibility index (Phi) is 4.28. The second-order valence-electron chi connectivity index (χ2n) is 5.11. The summed E-state index contributed by atoms with van der Waals surface area (Å²) in [5.41, 5.74) is 1.60. The number of amides is 1. The van der Waals surface area contributed by atoms with Gasteiger partial charge in [-0.1, -0.05) is 36.2 Å². The van der Waals surface area contributed by atoms with Crippen LogP contribution in [0.4, 0.5) is 5.00 Å². The summed E-state index contributed by atoms with van der Waals surface area (Å²) in [7, 11) is 0. The average Bonchev–Trinajstić information content (AvgIpc) is 3.08. The van der Waals surface area contributed by atoms with Crippen molar-refractivity contribution >= 4 is 61.6 Å². The minimum absolute atomic E-state index is 0.0625. The Bertz CT molecular complexity index is 719. The number of rotatable bonds is 3. The summed E-state index contributed by atoms with van der Waals surface area (Å²) in [4.78, 5) is 12.0. The number of halogens is 3. The molecule has 2 aromatic rings. The molecule has 1 aliphatic carbocycles. The van der Waals surface area contributed by atoms with E-state index in [1.807, 2.05) is 6.07 Å². The maximum Gasteiger partial charge on any atom is 0.228 e. The minimum atomic E-state index is 0.0625. The molecule has 2 atom stereocenters. The molecule has 1 amide bonds. The number of carbonyl (C=O) groups excluding carboxylic acids is 1. The number of benzene rings is 1. The number of hydrogen-bond acceptors (Lipinski definition) is 3. The molecule has 0 unspecified atom stereocenters. The summed E-state index contributed by atoms with van der Waals surface area (Å²) in [6, 6.07) is 5.34. The fourth-order valence-corrected chi connectivity index (χ4v) is 3.82. The highest BCUT2D eigenvalue weighted by Crippen LogP contribution is 2.42. The van der Waals surface area contributed by atoms with Crippen LogP contribution in [0.1, 0.15) is 13.3 Å². The number of carbonyl (C=O) groups is 1. The summed E-state index contributed by atoms with van der Waals surface area (Å²) in [6.45, 7) is 2.08. The predicted octanol–water partition coefficient (Wildman–Crippen LogP) is 5.47. The highest BCUT2D eigenvalue weighted by Gasteiger charge is 2.39. The molecular weight excluding hydrogens is 395 g/mol. The Morgan fingerprint density at radius 3 is 2.76 bits per heavy atom. The van der Waals surface area contributed by atoms with Crippen LogP contribution < -0.4 is 5.32 Å². The lowest BCUT2D eigenvalue weighted by molar-refractivity contribution is -0.117. The summed E-state index contributed by atoms with van der Waals surface area (Å²) >= 11 is 16.7. The van der Waals surface area contributed by atoms with Crippen molar-refractivity contribution in [3.05, 3.63) is 32.7 Å². The van der Waals surface area contributed by atoms with Gasteiger partial charge in [-0.25, -0.2) is 0 Å². The summed E-state index contributed by atoms with van der Waals surface area (Å²) < 4.78 is 5.16. The molecule has 0 saturated heterocycles. The number of nitrogens with zero attached hydrogens (tertiary/aromatic N) is 1. The number of hydrogen-bond donors (Lipinski definition) is 1. The molecular formula is C14H11BrCl2N2OS. The van der Waals surface area contributed by atoms with Crippen molar-refractivity contribution < 1.29 is 4.79 Å². The van der Waals surface area contributed by atoms with Gasteiger partial charge in [0.25, 0.3) is 0 Å². The van der Waals surface area contributed by atoms with Crippen LogP contribution in [0.25, 0.3) is 11.3 Å². The number of aromatic nitrogens is 1. The van der Waals surface area contributed by atoms with Crippen LogP contribution in [0, 0.1) is 11.8 Å². The molecule has 1 aromatic heterocycles. The third-order valence-corrected chi connectivity index (χ3v) is 6.05. The van der Waals surface area contributed by atoms with Gasteiger partial charge in [-0.3, -0.25) is 4.79 Å². The van der Waals surface area contributed by atoms with E-state index in [1.165, 1.54) is 11.5 Å². The normalized spacial score (nSPS) is 20.4. The summed E-state index contributed by atoms with van der Waals surface area (Å²) in [6.07, 6.45) is 0.960.